The minimum atomic E-state index is -0.850. The van der Waals surface area contributed by atoms with Gasteiger partial charge in [0.25, 0.3) is 0 Å². The second-order valence-electron chi connectivity index (χ2n) is 4.20. The molecule has 0 radical (unpaired) electrons. The van der Waals surface area contributed by atoms with Crippen molar-refractivity contribution in [2.75, 3.05) is 14.2 Å². The van der Waals surface area contributed by atoms with Gasteiger partial charge in [0.1, 0.15) is 17.6 Å². The maximum Gasteiger partial charge on any atom is 0.125 e. The molecular formula is C14H17BrN2O3. The normalized spacial score (nSPS) is 12.2. The van der Waals surface area contributed by atoms with E-state index in [1.165, 1.54) is 0 Å². The molecule has 5 nitrogen and oxygen atoms in total. The summed E-state index contributed by atoms with van der Waals surface area (Å²) in [6.07, 6.45) is 0.825. The molecule has 2 aromatic rings. The van der Waals surface area contributed by atoms with Crippen molar-refractivity contribution in [3.05, 3.63) is 40.1 Å². The van der Waals surface area contributed by atoms with Gasteiger partial charge in [0.15, 0.2) is 0 Å². The number of aliphatic hydroxyl groups excluding tert-OH is 1. The van der Waals surface area contributed by atoms with Gasteiger partial charge in [-0.1, -0.05) is 0 Å². The quantitative estimate of drug-likeness (QED) is 0.909. The molecule has 2 rings (SSSR count). The van der Waals surface area contributed by atoms with Crippen LogP contribution in [0.15, 0.2) is 28.9 Å². The number of ether oxygens (including phenoxy) is 2. The van der Waals surface area contributed by atoms with E-state index < -0.39 is 6.10 Å². The molecule has 1 N–H and O–H groups in total. The molecule has 0 aliphatic rings. The van der Waals surface area contributed by atoms with E-state index in [1.807, 2.05) is 6.92 Å². The van der Waals surface area contributed by atoms with Crippen molar-refractivity contribution in [1.82, 2.24) is 9.78 Å². The van der Waals surface area contributed by atoms with Gasteiger partial charge in [0, 0.05) is 12.1 Å². The molecule has 1 atom stereocenters. The Kier molecular flexibility index (Phi) is 4.67. The Hall–Kier alpha value is -1.53. The van der Waals surface area contributed by atoms with E-state index in [0.717, 1.165) is 4.47 Å². The SMILES string of the molecule is CCn1ncc(Br)c1C(O)c1cc(OC)ccc1OC. The lowest BCUT2D eigenvalue weighted by Gasteiger charge is -2.17. The van der Waals surface area contributed by atoms with Gasteiger partial charge in [-0.15, -0.1) is 0 Å². The number of methoxy groups -OCH3 is 2. The average molecular weight is 341 g/mol. The van der Waals surface area contributed by atoms with Crippen molar-refractivity contribution in [3.8, 4) is 11.5 Å². The highest BCUT2D eigenvalue weighted by Crippen LogP contribution is 2.35. The van der Waals surface area contributed by atoms with E-state index in [4.69, 9.17) is 9.47 Å². The van der Waals surface area contributed by atoms with Crippen LogP contribution in [0.25, 0.3) is 0 Å². The average Bonchev–Trinajstić information content (AvgIpc) is 2.86. The molecule has 0 fully saturated rings. The van der Waals surface area contributed by atoms with Gasteiger partial charge < -0.3 is 14.6 Å². The summed E-state index contributed by atoms with van der Waals surface area (Å²) in [6.45, 7) is 2.64. The van der Waals surface area contributed by atoms with E-state index in [9.17, 15) is 5.11 Å². The summed E-state index contributed by atoms with van der Waals surface area (Å²) >= 11 is 3.42. The predicted octanol–water partition coefficient (Wildman–Crippen LogP) is 2.76. The molecule has 6 heteroatoms. The molecule has 1 aromatic heterocycles. The molecule has 1 heterocycles. The van der Waals surface area contributed by atoms with Crippen LogP contribution in [0.5, 0.6) is 11.5 Å². The number of hydrogen-bond donors (Lipinski definition) is 1. The third kappa shape index (κ3) is 2.66. The fourth-order valence-corrected chi connectivity index (χ4v) is 2.61. The topological polar surface area (TPSA) is 56.5 Å². The Balaban J connectivity index is 2.51. The molecule has 1 aromatic carbocycles. The predicted molar refractivity (Wildman–Crippen MR) is 79.2 cm³/mol. The molecule has 1 unspecified atom stereocenters. The zero-order valence-electron chi connectivity index (χ0n) is 11.6. The van der Waals surface area contributed by atoms with Crippen LogP contribution in [0.2, 0.25) is 0 Å². The van der Waals surface area contributed by atoms with Crippen molar-refractivity contribution in [3.63, 3.8) is 0 Å². The monoisotopic (exact) mass is 340 g/mol. The lowest BCUT2D eigenvalue weighted by atomic mass is 10.0. The van der Waals surface area contributed by atoms with Crippen LogP contribution in [0.1, 0.15) is 24.3 Å². The van der Waals surface area contributed by atoms with Crippen molar-refractivity contribution < 1.29 is 14.6 Å². The number of nitrogens with zero attached hydrogens (tertiary/aromatic N) is 2. The van der Waals surface area contributed by atoms with Crippen LogP contribution in [0.3, 0.4) is 0 Å². The van der Waals surface area contributed by atoms with Crippen molar-refractivity contribution in [2.45, 2.75) is 19.6 Å². The van der Waals surface area contributed by atoms with Crippen LogP contribution in [-0.4, -0.2) is 29.1 Å². The molecule has 0 aliphatic carbocycles. The number of aryl methyl sites for hydroxylation is 1. The summed E-state index contributed by atoms with van der Waals surface area (Å²) in [5.41, 5.74) is 1.34. The zero-order chi connectivity index (χ0) is 14.7. The first-order valence-corrected chi connectivity index (χ1v) is 7.02. The summed E-state index contributed by atoms with van der Waals surface area (Å²) < 4.78 is 13.0. The number of aromatic nitrogens is 2. The Morgan fingerprint density at radius 1 is 1.35 bits per heavy atom. The summed E-state index contributed by atoms with van der Waals surface area (Å²) in [5, 5.41) is 14.9. The minimum absolute atomic E-state index is 0.606. The molecule has 0 spiro atoms. The molecule has 0 aliphatic heterocycles. The zero-order valence-corrected chi connectivity index (χ0v) is 13.2. The number of rotatable bonds is 5. The number of aliphatic hydroxyl groups is 1. The van der Waals surface area contributed by atoms with Crippen LogP contribution >= 0.6 is 15.9 Å². The van der Waals surface area contributed by atoms with Crippen LogP contribution in [-0.2, 0) is 6.54 Å². The van der Waals surface area contributed by atoms with Crippen molar-refractivity contribution in [2.24, 2.45) is 0 Å². The van der Waals surface area contributed by atoms with Gasteiger partial charge in [-0.25, -0.2) is 0 Å². The maximum atomic E-state index is 10.7. The van der Waals surface area contributed by atoms with Gasteiger partial charge in [0.05, 0.1) is 30.6 Å². The van der Waals surface area contributed by atoms with E-state index in [0.29, 0.717) is 29.3 Å². The van der Waals surface area contributed by atoms with Crippen LogP contribution < -0.4 is 9.47 Å². The van der Waals surface area contributed by atoms with E-state index in [2.05, 4.69) is 21.0 Å². The number of halogens is 1. The number of benzene rings is 1. The second-order valence-corrected chi connectivity index (χ2v) is 5.06. The van der Waals surface area contributed by atoms with Crippen molar-refractivity contribution >= 4 is 15.9 Å². The molecule has 0 bridgehead atoms. The summed E-state index contributed by atoms with van der Waals surface area (Å²) in [4.78, 5) is 0. The largest absolute Gasteiger partial charge is 0.497 e. The smallest absolute Gasteiger partial charge is 0.125 e. The van der Waals surface area contributed by atoms with E-state index in [-0.39, 0.29) is 0 Å². The summed E-state index contributed by atoms with van der Waals surface area (Å²) in [5.74, 6) is 1.27. The van der Waals surface area contributed by atoms with Crippen molar-refractivity contribution in [1.29, 1.82) is 0 Å². The fraction of sp³-hybridized carbons (Fsp3) is 0.357. The minimum Gasteiger partial charge on any atom is -0.497 e. The molecule has 20 heavy (non-hydrogen) atoms. The maximum absolute atomic E-state index is 10.7. The Morgan fingerprint density at radius 3 is 2.70 bits per heavy atom. The van der Waals surface area contributed by atoms with Crippen LogP contribution in [0, 0.1) is 0 Å². The molecular weight excluding hydrogens is 324 g/mol. The Morgan fingerprint density at radius 2 is 2.10 bits per heavy atom. The third-order valence-electron chi connectivity index (χ3n) is 3.12. The summed E-state index contributed by atoms with van der Waals surface area (Å²) in [6, 6.07) is 5.34. The Labute approximate surface area is 126 Å². The second kappa shape index (κ2) is 6.28. The highest BCUT2D eigenvalue weighted by atomic mass is 79.9. The molecule has 0 saturated carbocycles. The molecule has 108 valence electrons. The first kappa shape index (κ1) is 14.9. The van der Waals surface area contributed by atoms with Crippen LogP contribution in [0.4, 0.5) is 0 Å². The van der Waals surface area contributed by atoms with Gasteiger partial charge >= 0.3 is 0 Å². The van der Waals surface area contributed by atoms with Gasteiger partial charge in [-0.3, -0.25) is 4.68 Å². The highest BCUT2D eigenvalue weighted by molar-refractivity contribution is 9.10. The molecule has 0 saturated heterocycles. The van der Waals surface area contributed by atoms with E-state index in [1.54, 1.807) is 43.3 Å². The van der Waals surface area contributed by atoms with Gasteiger partial charge in [-0.2, -0.15) is 5.10 Å². The van der Waals surface area contributed by atoms with E-state index >= 15 is 0 Å². The van der Waals surface area contributed by atoms with Gasteiger partial charge in [-0.05, 0) is 41.1 Å². The first-order valence-electron chi connectivity index (χ1n) is 6.23. The standard InChI is InChI=1S/C14H17BrN2O3/c1-4-17-13(11(15)8-16-17)14(18)10-7-9(19-2)5-6-12(10)20-3/h5-8,14,18H,4H2,1-3H3. The lowest BCUT2D eigenvalue weighted by molar-refractivity contribution is 0.201. The van der Waals surface area contributed by atoms with Gasteiger partial charge in [0.2, 0.25) is 0 Å². The first-order chi connectivity index (χ1) is 9.62. The number of hydrogen-bond acceptors (Lipinski definition) is 4. The fourth-order valence-electron chi connectivity index (χ4n) is 2.10. The summed E-state index contributed by atoms with van der Waals surface area (Å²) in [7, 11) is 3.16. The lowest BCUT2D eigenvalue weighted by Crippen LogP contribution is -2.11. The highest BCUT2D eigenvalue weighted by Gasteiger charge is 2.22. The third-order valence-corrected chi connectivity index (χ3v) is 3.73. The molecule has 0 amide bonds. The Bertz CT molecular complexity index is 598.